The third-order valence-electron chi connectivity index (χ3n) is 1.07. The van der Waals surface area contributed by atoms with Crippen LogP contribution in [0.25, 0.3) is 0 Å². The molecule has 0 aliphatic carbocycles. The predicted molar refractivity (Wildman–Crippen MR) is 40.3 cm³/mol. The maximum atomic E-state index is 5.23. The first-order valence-electron chi connectivity index (χ1n) is 3.00. The maximum Gasteiger partial charge on any atom is 0.203 e. The molecule has 0 saturated carbocycles. The van der Waals surface area contributed by atoms with Crippen molar-refractivity contribution >= 4 is 5.96 Å². The molecule has 0 radical (unpaired) electrons. The number of nitrogens with two attached hydrogens (primary N) is 2. The molecule has 5 nitrogen and oxygen atoms in total. The number of ether oxygens (including phenoxy) is 1. The minimum Gasteiger partial charge on any atom is -0.380 e. The summed E-state index contributed by atoms with van der Waals surface area (Å²) in [6, 6.07) is 0. The van der Waals surface area contributed by atoms with Crippen LogP contribution in [0.15, 0.2) is 4.99 Å². The molecule has 0 aromatic rings. The zero-order valence-corrected chi connectivity index (χ0v) is 6.29. The number of nitrogens with one attached hydrogen (secondary N) is 1. The Labute approximate surface area is 60.4 Å². The molecule has 1 unspecified atom stereocenters. The molecular weight excluding hydrogens is 132 g/mol. The number of aliphatic imine (C=N–C) groups is 1. The molecule has 5 heteroatoms. The van der Waals surface area contributed by atoms with Crippen LogP contribution in [0.1, 0.15) is 6.92 Å². The lowest BCUT2D eigenvalue weighted by Gasteiger charge is -2.05. The molecule has 0 saturated heterocycles. The minimum absolute atomic E-state index is 0.0758. The van der Waals surface area contributed by atoms with Crippen LogP contribution in [0.2, 0.25) is 0 Å². The minimum atomic E-state index is 0.0758. The molecule has 0 aromatic heterocycles. The first-order valence-corrected chi connectivity index (χ1v) is 3.00. The highest BCUT2D eigenvalue weighted by Gasteiger charge is 1.95. The molecular formula is C5H14N4O. The molecule has 10 heavy (non-hydrogen) atoms. The van der Waals surface area contributed by atoms with Gasteiger partial charge in [-0.3, -0.25) is 5.43 Å². The van der Waals surface area contributed by atoms with Crippen molar-refractivity contribution < 1.29 is 4.74 Å². The molecule has 0 rings (SSSR count). The summed E-state index contributed by atoms with van der Waals surface area (Å²) in [4.78, 5) is 3.85. The van der Waals surface area contributed by atoms with E-state index in [1.165, 1.54) is 0 Å². The van der Waals surface area contributed by atoms with Crippen LogP contribution in [0.5, 0.6) is 0 Å². The molecule has 0 aliphatic heterocycles. The van der Waals surface area contributed by atoms with E-state index in [4.69, 9.17) is 16.3 Å². The first kappa shape index (κ1) is 9.19. The summed E-state index contributed by atoms with van der Waals surface area (Å²) in [6.45, 7) is 2.42. The summed E-state index contributed by atoms with van der Waals surface area (Å²) >= 11 is 0. The number of nitrogens with zero attached hydrogens (tertiary/aromatic N) is 1. The second kappa shape index (κ2) is 5.01. The number of hydrazine groups is 1. The summed E-state index contributed by atoms with van der Waals surface area (Å²) in [5.41, 5.74) is 7.45. The van der Waals surface area contributed by atoms with Crippen LogP contribution in [-0.2, 0) is 4.74 Å². The smallest absolute Gasteiger partial charge is 0.203 e. The summed E-state index contributed by atoms with van der Waals surface area (Å²) in [7, 11) is 1.62. The fourth-order valence-electron chi connectivity index (χ4n) is 0.347. The Bertz CT molecular complexity index is 114. The largest absolute Gasteiger partial charge is 0.380 e. The Morgan fingerprint density at radius 2 is 2.40 bits per heavy atom. The van der Waals surface area contributed by atoms with E-state index in [9.17, 15) is 0 Å². The van der Waals surface area contributed by atoms with Crippen LogP contribution in [-0.4, -0.2) is 25.7 Å². The topological polar surface area (TPSA) is 85.7 Å². The second-order valence-corrected chi connectivity index (χ2v) is 1.92. The highest BCUT2D eigenvalue weighted by molar-refractivity contribution is 5.77. The van der Waals surface area contributed by atoms with E-state index in [0.29, 0.717) is 6.54 Å². The van der Waals surface area contributed by atoms with Gasteiger partial charge in [0, 0.05) is 7.11 Å². The van der Waals surface area contributed by atoms with Crippen LogP contribution >= 0.6 is 0 Å². The number of methoxy groups -OCH3 is 1. The Balaban J connectivity index is 3.50. The molecule has 0 aromatic carbocycles. The normalized spacial score (nSPS) is 14.9. The van der Waals surface area contributed by atoms with Crippen LogP contribution in [0, 0.1) is 0 Å². The Morgan fingerprint density at radius 1 is 1.80 bits per heavy atom. The van der Waals surface area contributed by atoms with E-state index in [1.54, 1.807) is 7.11 Å². The lowest BCUT2D eigenvalue weighted by atomic mass is 10.4. The molecule has 5 N–H and O–H groups in total. The Hall–Kier alpha value is -0.810. The Kier molecular flexibility index (Phi) is 4.61. The predicted octanol–water partition coefficient (Wildman–Crippen LogP) is -1.20. The number of hydrogen-bond acceptors (Lipinski definition) is 3. The van der Waals surface area contributed by atoms with Crippen molar-refractivity contribution in [2.45, 2.75) is 13.0 Å². The third kappa shape index (κ3) is 4.11. The molecule has 0 fully saturated rings. The summed E-state index contributed by atoms with van der Waals surface area (Å²) in [5.74, 6) is 5.18. The van der Waals surface area contributed by atoms with Crippen LogP contribution < -0.4 is 17.0 Å². The van der Waals surface area contributed by atoms with Gasteiger partial charge in [-0.15, -0.1) is 0 Å². The average molecular weight is 146 g/mol. The number of hydrogen-bond donors (Lipinski definition) is 3. The standard InChI is InChI=1S/C5H14N4O/c1-4(10-2)3-8-5(6)9-7/h4H,3,7H2,1-2H3,(H3,6,8,9). The SMILES string of the molecule is COC(C)CN=C(N)NN. The van der Waals surface area contributed by atoms with E-state index in [0.717, 1.165) is 0 Å². The van der Waals surface area contributed by atoms with Crippen LogP contribution in [0.3, 0.4) is 0 Å². The summed E-state index contributed by atoms with van der Waals surface area (Å²) < 4.78 is 4.91. The molecule has 60 valence electrons. The quantitative estimate of drug-likeness (QED) is 0.202. The van der Waals surface area contributed by atoms with Gasteiger partial charge in [0.2, 0.25) is 5.96 Å². The first-order chi connectivity index (χ1) is 4.70. The van der Waals surface area contributed by atoms with Gasteiger partial charge in [-0.25, -0.2) is 10.8 Å². The zero-order chi connectivity index (χ0) is 7.98. The van der Waals surface area contributed by atoms with E-state index in [1.807, 2.05) is 6.92 Å². The summed E-state index contributed by atoms with van der Waals surface area (Å²) in [6.07, 6.45) is 0.0758. The molecule has 0 aliphatic rings. The van der Waals surface area contributed by atoms with Gasteiger partial charge in [0.25, 0.3) is 0 Å². The fraction of sp³-hybridized carbons (Fsp3) is 0.800. The fourth-order valence-corrected chi connectivity index (χ4v) is 0.347. The zero-order valence-electron chi connectivity index (χ0n) is 6.29. The molecule has 0 spiro atoms. The summed E-state index contributed by atoms with van der Waals surface area (Å²) in [5, 5.41) is 0. The third-order valence-corrected chi connectivity index (χ3v) is 1.07. The average Bonchev–Trinajstić information content (AvgIpc) is 1.99. The van der Waals surface area contributed by atoms with E-state index >= 15 is 0 Å². The number of guanidine groups is 1. The van der Waals surface area contributed by atoms with Crippen LogP contribution in [0.4, 0.5) is 0 Å². The molecule has 1 atom stereocenters. The van der Waals surface area contributed by atoms with Gasteiger partial charge >= 0.3 is 0 Å². The highest BCUT2D eigenvalue weighted by Crippen LogP contribution is 1.86. The lowest BCUT2D eigenvalue weighted by Crippen LogP contribution is -2.37. The lowest BCUT2D eigenvalue weighted by molar-refractivity contribution is 0.125. The molecule has 0 bridgehead atoms. The monoisotopic (exact) mass is 146 g/mol. The van der Waals surface area contributed by atoms with E-state index < -0.39 is 0 Å². The van der Waals surface area contributed by atoms with Crippen molar-refractivity contribution in [3.8, 4) is 0 Å². The van der Waals surface area contributed by atoms with E-state index in [2.05, 4.69) is 10.4 Å². The van der Waals surface area contributed by atoms with Crippen molar-refractivity contribution in [1.29, 1.82) is 0 Å². The van der Waals surface area contributed by atoms with Gasteiger partial charge in [0.15, 0.2) is 0 Å². The van der Waals surface area contributed by atoms with Crippen molar-refractivity contribution in [2.75, 3.05) is 13.7 Å². The van der Waals surface area contributed by atoms with Gasteiger partial charge in [-0.2, -0.15) is 0 Å². The Morgan fingerprint density at radius 3 is 2.80 bits per heavy atom. The maximum absolute atomic E-state index is 5.23. The highest BCUT2D eigenvalue weighted by atomic mass is 16.5. The van der Waals surface area contributed by atoms with Gasteiger partial charge in [-0.1, -0.05) is 0 Å². The van der Waals surface area contributed by atoms with Gasteiger partial charge in [-0.05, 0) is 6.92 Å². The second-order valence-electron chi connectivity index (χ2n) is 1.92. The van der Waals surface area contributed by atoms with Crippen molar-refractivity contribution in [1.82, 2.24) is 5.43 Å². The van der Waals surface area contributed by atoms with Gasteiger partial charge in [0.05, 0.1) is 12.6 Å². The van der Waals surface area contributed by atoms with Crippen molar-refractivity contribution in [3.63, 3.8) is 0 Å². The van der Waals surface area contributed by atoms with Gasteiger partial charge < -0.3 is 10.5 Å². The molecule has 0 amide bonds. The van der Waals surface area contributed by atoms with Gasteiger partial charge in [0.1, 0.15) is 0 Å². The molecule has 0 heterocycles. The number of rotatable bonds is 3. The van der Waals surface area contributed by atoms with E-state index in [-0.39, 0.29) is 12.1 Å². The van der Waals surface area contributed by atoms with Crippen molar-refractivity contribution in [3.05, 3.63) is 0 Å². The van der Waals surface area contributed by atoms with Crippen molar-refractivity contribution in [2.24, 2.45) is 16.6 Å².